The molecule has 0 amide bonds. The molecule has 11 heteroatoms. The van der Waals surface area contributed by atoms with Gasteiger partial charge in [0.25, 0.3) is 0 Å². The summed E-state index contributed by atoms with van der Waals surface area (Å²) >= 11 is 0. The van der Waals surface area contributed by atoms with Gasteiger partial charge in [0.15, 0.2) is 0 Å². The number of hydrogen-bond acceptors (Lipinski definition) is 8. The number of carbonyl (C=O) groups is 2. The maximum atomic E-state index is 10.5. The van der Waals surface area contributed by atoms with Crippen molar-refractivity contribution in [1.29, 1.82) is 0 Å². The zero-order valence-corrected chi connectivity index (χ0v) is 26.2. The monoisotopic (exact) mass is 584 g/mol. The van der Waals surface area contributed by atoms with Crippen LogP contribution in [0.4, 0.5) is 9.59 Å². The molecule has 0 saturated heterocycles. The molecular weight excluding hydrogens is 524 g/mol. The molecule has 11 nitrogen and oxygen atoms in total. The van der Waals surface area contributed by atoms with Gasteiger partial charge in [0.2, 0.25) is 0 Å². The molecule has 0 radical (unpaired) electrons. The molecule has 0 aromatic rings. The van der Waals surface area contributed by atoms with E-state index in [-0.39, 0.29) is 25.4 Å². The van der Waals surface area contributed by atoms with Crippen LogP contribution in [0.2, 0.25) is 0 Å². The van der Waals surface area contributed by atoms with Crippen LogP contribution in [0, 0.1) is 35.5 Å². The number of aliphatic hydroxyl groups excluding tert-OH is 4. The van der Waals surface area contributed by atoms with Gasteiger partial charge in [0.1, 0.15) is 6.10 Å². The molecule has 7 atom stereocenters. The molecule has 2 aliphatic carbocycles. The molecule has 2 fully saturated rings. The van der Waals surface area contributed by atoms with Crippen molar-refractivity contribution in [3.63, 3.8) is 0 Å². The quantitative estimate of drug-likeness (QED) is 0.204. The van der Waals surface area contributed by atoms with Crippen molar-refractivity contribution in [1.82, 2.24) is 0 Å². The molecule has 242 valence electrons. The highest BCUT2D eigenvalue weighted by atomic mass is 16.7. The Labute approximate surface area is 241 Å². The van der Waals surface area contributed by atoms with Crippen LogP contribution in [0.5, 0.6) is 0 Å². The molecule has 0 spiro atoms. The Morgan fingerprint density at radius 2 is 1.18 bits per heavy atom. The second-order valence-electron chi connectivity index (χ2n) is 12.4. The zero-order valence-electron chi connectivity index (χ0n) is 26.2. The number of hydrogen-bond donors (Lipinski definition) is 8. The standard InChI is InChI=1S/C11H20O3.C10H20O.C4H10O2.C3H8O2.CH2O3/c1-7(2)9-5-4-8(3)6-10(9)14-11(12)13;1-7(2)9-5-4-8(3)6-10(9)11;1-4(2,6)3-5;1-3(5)2-4;2-1(3)4/h7-10H,4-6H2,1-3H3,(H,12,13);7-11H,4-6H2,1-3H3;5-6H,3H2,1-2H3;3-5H,2H2,1H3;(H2,2,3,4). The van der Waals surface area contributed by atoms with Crippen LogP contribution in [0.3, 0.4) is 0 Å². The lowest BCUT2D eigenvalue weighted by molar-refractivity contribution is -0.0175. The summed E-state index contributed by atoms with van der Waals surface area (Å²) in [7, 11) is 0. The van der Waals surface area contributed by atoms with Crippen LogP contribution < -0.4 is 0 Å². The lowest BCUT2D eigenvalue weighted by Gasteiger charge is -2.35. The molecule has 0 bridgehead atoms. The first kappa shape index (κ1) is 42.8. The molecule has 2 saturated carbocycles. The summed E-state index contributed by atoms with van der Waals surface area (Å²) < 4.78 is 4.95. The average molecular weight is 585 g/mol. The fourth-order valence-electron chi connectivity index (χ4n) is 4.53. The number of ether oxygens (including phenoxy) is 1. The molecule has 40 heavy (non-hydrogen) atoms. The van der Waals surface area contributed by atoms with Crippen LogP contribution in [-0.2, 0) is 4.74 Å². The largest absolute Gasteiger partial charge is 0.506 e. The van der Waals surface area contributed by atoms with E-state index in [9.17, 15) is 9.90 Å². The third kappa shape index (κ3) is 26.6. The average Bonchev–Trinajstić information content (AvgIpc) is 2.78. The first-order valence-electron chi connectivity index (χ1n) is 14.3. The Hall–Kier alpha value is -1.66. The van der Waals surface area contributed by atoms with E-state index in [1.807, 2.05) is 0 Å². The van der Waals surface area contributed by atoms with Crippen LogP contribution >= 0.6 is 0 Å². The van der Waals surface area contributed by atoms with E-state index in [2.05, 4.69) is 41.5 Å². The Balaban J connectivity index is -0.000000467. The Morgan fingerprint density at radius 3 is 1.45 bits per heavy atom. The second-order valence-corrected chi connectivity index (χ2v) is 12.4. The van der Waals surface area contributed by atoms with Crippen molar-refractivity contribution in [2.24, 2.45) is 35.5 Å². The summed E-state index contributed by atoms with van der Waals surface area (Å²) in [6.45, 7) is 17.4. The lowest BCUT2D eigenvalue weighted by Crippen LogP contribution is -2.35. The van der Waals surface area contributed by atoms with Gasteiger partial charge in [-0.25, -0.2) is 9.59 Å². The number of aliphatic hydroxyl groups is 5. The highest BCUT2D eigenvalue weighted by molar-refractivity contribution is 5.57. The molecule has 0 aromatic heterocycles. The molecule has 0 heterocycles. The summed E-state index contributed by atoms with van der Waals surface area (Å²) in [6, 6.07) is 0. The molecule has 8 N–H and O–H groups in total. The molecule has 2 rings (SSSR count). The maximum absolute atomic E-state index is 10.5. The third-order valence-electron chi connectivity index (χ3n) is 6.85. The molecule has 0 aromatic carbocycles. The van der Waals surface area contributed by atoms with Crippen LogP contribution in [0.1, 0.15) is 101 Å². The Morgan fingerprint density at radius 1 is 0.825 bits per heavy atom. The lowest BCUT2D eigenvalue weighted by atomic mass is 9.75. The van der Waals surface area contributed by atoms with Crippen molar-refractivity contribution >= 4 is 12.3 Å². The molecular formula is C29H60O11. The summed E-state index contributed by atoms with van der Waals surface area (Å²) in [4.78, 5) is 19.1. The summed E-state index contributed by atoms with van der Waals surface area (Å²) in [6.07, 6.45) is 3.08. The van der Waals surface area contributed by atoms with E-state index in [1.165, 1.54) is 26.2 Å². The van der Waals surface area contributed by atoms with Crippen molar-refractivity contribution in [2.75, 3.05) is 13.2 Å². The Bertz CT molecular complexity index is 628. The van der Waals surface area contributed by atoms with Gasteiger partial charge in [0.05, 0.1) is 31.0 Å². The summed E-state index contributed by atoms with van der Waals surface area (Å²) in [5.41, 5.74) is -0.903. The van der Waals surface area contributed by atoms with E-state index in [0.717, 1.165) is 25.2 Å². The predicted molar refractivity (Wildman–Crippen MR) is 154 cm³/mol. The maximum Gasteiger partial charge on any atom is 0.506 e. The first-order valence-corrected chi connectivity index (χ1v) is 14.3. The van der Waals surface area contributed by atoms with Crippen molar-refractivity contribution < 1.29 is 55.2 Å². The summed E-state index contributed by atoms with van der Waals surface area (Å²) in [5.74, 6) is 3.45. The van der Waals surface area contributed by atoms with E-state index in [0.29, 0.717) is 29.6 Å². The van der Waals surface area contributed by atoms with E-state index in [1.54, 1.807) is 13.8 Å². The summed E-state index contributed by atoms with van der Waals surface area (Å²) in [5, 5.41) is 65.0. The fraction of sp³-hybridized carbons (Fsp3) is 0.931. The van der Waals surface area contributed by atoms with Crippen molar-refractivity contribution in [3.8, 4) is 0 Å². The van der Waals surface area contributed by atoms with Gasteiger partial charge in [-0.2, -0.15) is 0 Å². The minimum atomic E-state index is -1.83. The molecule has 7 unspecified atom stereocenters. The van der Waals surface area contributed by atoms with Gasteiger partial charge in [-0.1, -0.05) is 54.4 Å². The molecule has 2 aliphatic rings. The van der Waals surface area contributed by atoms with Crippen LogP contribution in [0.25, 0.3) is 0 Å². The van der Waals surface area contributed by atoms with Gasteiger partial charge in [-0.3, -0.25) is 0 Å². The van der Waals surface area contributed by atoms with Gasteiger partial charge in [0, 0.05) is 0 Å². The van der Waals surface area contributed by atoms with E-state index < -0.39 is 24.0 Å². The van der Waals surface area contributed by atoms with Crippen molar-refractivity contribution in [2.45, 2.75) is 125 Å². The van der Waals surface area contributed by atoms with Crippen molar-refractivity contribution in [3.05, 3.63) is 0 Å². The normalized spacial score (nSPS) is 26.7. The first-order chi connectivity index (χ1) is 18.2. The highest BCUT2D eigenvalue weighted by Crippen LogP contribution is 2.35. The number of carboxylic acid groups (broad SMARTS) is 3. The van der Waals surface area contributed by atoms with E-state index >= 15 is 0 Å². The highest BCUT2D eigenvalue weighted by Gasteiger charge is 2.33. The SMILES string of the molecule is CC(C)(O)CO.CC(O)CO.CC1CCC(C(C)C)C(O)C1.CC1CCC(C(C)C)C(OC(=O)O)C1.O=C(O)O. The Kier molecular flexibility index (Phi) is 24.6. The smallest absolute Gasteiger partial charge is 0.450 e. The van der Waals surface area contributed by atoms with Gasteiger partial charge >= 0.3 is 12.3 Å². The predicted octanol–water partition coefficient (Wildman–Crippen LogP) is 4.91. The topological polar surface area (TPSA) is 205 Å². The number of rotatable bonds is 5. The van der Waals surface area contributed by atoms with E-state index in [4.69, 9.17) is 45.3 Å². The zero-order chi connectivity index (χ0) is 32.2. The fourth-order valence-corrected chi connectivity index (χ4v) is 4.53. The van der Waals surface area contributed by atoms with Gasteiger partial charge in [-0.05, 0) is 82.0 Å². The minimum absolute atomic E-state index is 0.0289. The molecule has 0 aliphatic heterocycles. The minimum Gasteiger partial charge on any atom is -0.450 e. The second kappa shape index (κ2) is 23.0. The van der Waals surface area contributed by atoms with Crippen LogP contribution in [0.15, 0.2) is 0 Å². The van der Waals surface area contributed by atoms with Crippen LogP contribution in [-0.4, -0.2) is 90.3 Å². The van der Waals surface area contributed by atoms with Gasteiger partial charge in [-0.15, -0.1) is 0 Å². The third-order valence-corrected chi connectivity index (χ3v) is 6.85. The van der Waals surface area contributed by atoms with Gasteiger partial charge < -0.3 is 45.6 Å².